The second-order valence-corrected chi connectivity index (χ2v) is 3.15. The van der Waals surface area contributed by atoms with E-state index in [0.717, 1.165) is 11.3 Å². The summed E-state index contributed by atoms with van der Waals surface area (Å²) >= 11 is 0. The van der Waals surface area contributed by atoms with Crippen molar-refractivity contribution in [3.63, 3.8) is 0 Å². The summed E-state index contributed by atoms with van der Waals surface area (Å²) in [5.74, 6) is 0.769. The van der Waals surface area contributed by atoms with E-state index in [9.17, 15) is 0 Å². The summed E-state index contributed by atoms with van der Waals surface area (Å²) in [7, 11) is 1.62. The zero-order valence-corrected chi connectivity index (χ0v) is 8.53. The van der Waals surface area contributed by atoms with Gasteiger partial charge in [0.05, 0.1) is 19.9 Å². The van der Waals surface area contributed by atoms with Crippen LogP contribution in [0.5, 0.6) is 5.75 Å². The van der Waals surface area contributed by atoms with E-state index in [1.54, 1.807) is 19.5 Å². The standard InChI is InChI=1S/C10H16N2O2/c1-8(7-13)12-5-9-3-4-11-6-10(9)14-2/h3-4,6,8,12-13H,5,7H2,1-2H3. The molecule has 0 aromatic carbocycles. The Kier molecular flexibility index (Phi) is 4.35. The smallest absolute Gasteiger partial charge is 0.141 e. The van der Waals surface area contributed by atoms with Gasteiger partial charge in [-0.15, -0.1) is 0 Å². The molecular weight excluding hydrogens is 180 g/mol. The van der Waals surface area contributed by atoms with Gasteiger partial charge < -0.3 is 15.2 Å². The number of aromatic nitrogens is 1. The summed E-state index contributed by atoms with van der Waals surface area (Å²) in [6, 6.07) is 1.99. The number of hydrogen-bond acceptors (Lipinski definition) is 4. The van der Waals surface area contributed by atoms with Crippen molar-refractivity contribution >= 4 is 0 Å². The van der Waals surface area contributed by atoms with Crippen LogP contribution in [0.2, 0.25) is 0 Å². The maximum atomic E-state index is 8.83. The molecule has 1 atom stereocenters. The molecule has 14 heavy (non-hydrogen) atoms. The molecule has 0 amide bonds. The Morgan fingerprint density at radius 1 is 1.64 bits per heavy atom. The van der Waals surface area contributed by atoms with Gasteiger partial charge in [-0.05, 0) is 13.0 Å². The highest BCUT2D eigenvalue weighted by atomic mass is 16.5. The van der Waals surface area contributed by atoms with E-state index in [0.29, 0.717) is 6.54 Å². The van der Waals surface area contributed by atoms with Crippen LogP contribution in [-0.4, -0.2) is 29.8 Å². The lowest BCUT2D eigenvalue weighted by molar-refractivity contribution is 0.250. The Morgan fingerprint density at radius 3 is 3.07 bits per heavy atom. The third kappa shape index (κ3) is 2.97. The summed E-state index contributed by atoms with van der Waals surface area (Å²) in [5, 5.41) is 12.0. The van der Waals surface area contributed by atoms with Gasteiger partial charge in [-0.3, -0.25) is 4.98 Å². The lowest BCUT2D eigenvalue weighted by atomic mass is 10.2. The van der Waals surface area contributed by atoms with Gasteiger partial charge in [-0.1, -0.05) is 0 Å². The molecule has 4 nitrogen and oxygen atoms in total. The second-order valence-electron chi connectivity index (χ2n) is 3.15. The molecule has 4 heteroatoms. The lowest BCUT2D eigenvalue weighted by Gasteiger charge is -2.12. The van der Waals surface area contributed by atoms with Crippen molar-refractivity contribution < 1.29 is 9.84 Å². The van der Waals surface area contributed by atoms with Crippen molar-refractivity contribution in [1.29, 1.82) is 0 Å². The molecule has 0 radical (unpaired) electrons. The molecule has 0 fully saturated rings. The van der Waals surface area contributed by atoms with Crippen molar-refractivity contribution in [3.05, 3.63) is 24.0 Å². The average Bonchev–Trinajstić information content (AvgIpc) is 2.26. The van der Waals surface area contributed by atoms with Crippen molar-refractivity contribution in [2.75, 3.05) is 13.7 Å². The Hall–Kier alpha value is -1.13. The molecule has 0 spiro atoms. The van der Waals surface area contributed by atoms with Crippen molar-refractivity contribution in [3.8, 4) is 5.75 Å². The van der Waals surface area contributed by atoms with Crippen LogP contribution in [0.15, 0.2) is 18.5 Å². The molecule has 0 saturated carbocycles. The van der Waals surface area contributed by atoms with E-state index in [1.807, 2.05) is 13.0 Å². The van der Waals surface area contributed by atoms with Crippen molar-refractivity contribution in [2.24, 2.45) is 0 Å². The van der Waals surface area contributed by atoms with Crippen molar-refractivity contribution in [1.82, 2.24) is 10.3 Å². The van der Waals surface area contributed by atoms with Gasteiger partial charge in [0.15, 0.2) is 0 Å². The maximum absolute atomic E-state index is 8.83. The molecular formula is C10H16N2O2. The Morgan fingerprint density at radius 2 is 2.43 bits per heavy atom. The molecule has 1 aromatic rings. The minimum absolute atomic E-state index is 0.0906. The first-order chi connectivity index (χ1) is 6.77. The lowest BCUT2D eigenvalue weighted by Crippen LogP contribution is -2.28. The zero-order valence-electron chi connectivity index (χ0n) is 8.53. The number of hydrogen-bond donors (Lipinski definition) is 2. The fraction of sp³-hybridized carbons (Fsp3) is 0.500. The molecule has 1 aromatic heterocycles. The molecule has 0 aliphatic rings. The van der Waals surface area contributed by atoms with E-state index in [1.165, 1.54) is 0 Å². The summed E-state index contributed by atoms with van der Waals surface area (Å²) in [6.07, 6.45) is 3.41. The van der Waals surface area contributed by atoms with Crippen LogP contribution in [0.3, 0.4) is 0 Å². The van der Waals surface area contributed by atoms with E-state index in [-0.39, 0.29) is 12.6 Å². The minimum atomic E-state index is 0.0906. The van der Waals surface area contributed by atoms with E-state index in [4.69, 9.17) is 9.84 Å². The SMILES string of the molecule is COc1cnccc1CNC(C)CO. The first-order valence-electron chi connectivity index (χ1n) is 4.59. The van der Waals surface area contributed by atoms with Crippen LogP contribution in [-0.2, 0) is 6.54 Å². The third-order valence-electron chi connectivity index (χ3n) is 2.00. The maximum Gasteiger partial charge on any atom is 0.141 e. The quantitative estimate of drug-likeness (QED) is 0.722. The Labute approximate surface area is 83.9 Å². The van der Waals surface area contributed by atoms with Gasteiger partial charge in [0.2, 0.25) is 0 Å². The van der Waals surface area contributed by atoms with Gasteiger partial charge in [0.25, 0.3) is 0 Å². The predicted octanol–water partition coefficient (Wildman–Crippen LogP) is 0.561. The van der Waals surface area contributed by atoms with Gasteiger partial charge in [0.1, 0.15) is 5.75 Å². The molecule has 1 heterocycles. The fourth-order valence-electron chi connectivity index (χ4n) is 1.09. The van der Waals surface area contributed by atoms with Gasteiger partial charge in [0, 0.05) is 24.3 Å². The molecule has 2 N–H and O–H groups in total. The normalized spacial score (nSPS) is 12.5. The largest absolute Gasteiger partial charge is 0.495 e. The van der Waals surface area contributed by atoms with E-state index < -0.39 is 0 Å². The number of aliphatic hydroxyl groups is 1. The summed E-state index contributed by atoms with van der Waals surface area (Å²) in [6.45, 7) is 2.73. The fourth-order valence-corrected chi connectivity index (χ4v) is 1.09. The topological polar surface area (TPSA) is 54.4 Å². The molecule has 1 unspecified atom stereocenters. The number of nitrogens with one attached hydrogen (secondary N) is 1. The molecule has 0 aliphatic heterocycles. The van der Waals surface area contributed by atoms with Crippen LogP contribution in [0.1, 0.15) is 12.5 Å². The number of ether oxygens (including phenoxy) is 1. The summed E-state index contributed by atoms with van der Waals surface area (Å²) < 4.78 is 5.15. The number of methoxy groups -OCH3 is 1. The van der Waals surface area contributed by atoms with E-state index >= 15 is 0 Å². The van der Waals surface area contributed by atoms with Crippen LogP contribution in [0, 0.1) is 0 Å². The van der Waals surface area contributed by atoms with Gasteiger partial charge in [-0.2, -0.15) is 0 Å². The van der Waals surface area contributed by atoms with Gasteiger partial charge >= 0.3 is 0 Å². The number of rotatable bonds is 5. The van der Waals surface area contributed by atoms with Gasteiger partial charge in [-0.25, -0.2) is 0 Å². The summed E-state index contributed by atoms with van der Waals surface area (Å²) in [5.41, 5.74) is 1.04. The molecule has 0 aliphatic carbocycles. The highest BCUT2D eigenvalue weighted by Crippen LogP contribution is 2.14. The van der Waals surface area contributed by atoms with Crippen LogP contribution in [0.4, 0.5) is 0 Å². The summed E-state index contributed by atoms with van der Waals surface area (Å²) in [4.78, 5) is 3.96. The van der Waals surface area contributed by atoms with Crippen LogP contribution < -0.4 is 10.1 Å². The van der Waals surface area contributed by atoms with Crippen LogP contribution >= 0.6 is 0 Å². The number of pyridine rings is 1. The first-order valence-corrected chi connectivity index (χ1v) is 4.59. The molecule has 0 bridgehead atoms. The minimum Gasteiger partial charge on any atom is -0.495 e. The molecule has 0 saturated heterocycles. The Balaban J connectivity index is 2.57. The number of nitrogens with zero attached hydrogens (tertiary/aromatic N) is 1. The first kappa shape index (κ1) is 10.9. The van der Waals surface area contributed by atoms with Crippen molar-refractivity contribution in [2.45, 2.75) is 19.5 Å². The van der Waals surface area contributed by atoms with E-state index in [2.05, 4.69) is 10.3 Å². The number of aliphatic hydroxyl groups excluding tert-OH is 1. The predicted molar refractivity (Wildman–Crippen MR) is 54.2 cm³/mol. The molecule has 1 rings (SSSR count). The second kappa shape index (κ2) is 5.57. The molecule has 78 valence electrons. The monoisotopic (exact) mass is 196 g/mol. The third-order valence-corrected chi connectivity index (χ3v) is 2.00. The highest BCUT2D eigenvalue weighted by Gasteiger charge is 2.03. The van der Waals surface area contributed by atoms with Crippen LogP contribution in [0.25, 0.3) is 0 Å². The zero-order chi connectivity index (χ0) is 10.4. The highest BCUT2D eigenvalue weighted by molar-refractivity contribution is 5.29. The Bertz CT molecular complexity index is 279. The average molecular weight is 196 g/mol.